The first-order valence-electron chi connectivity index (χ1n) is 7.56. The lowest BCUT2D eigenvalue weighted by Crippen LogP contribution is -2.00. The third-order valence-corrected chi connectivity index (χ3v) is 4.52. The van der Waals surface area contributed by atoms with Crippen molar-refractivity contribution < 1.29 is 0 Å². The first-order chi connectivity index (χ1) is 10.7. The number of aryl methyl sites for hydroxylation is 1. The van der Waals surface area contributed by atoms with Gasteiger partial charge in [0.2, 0.25) is 0 Å². The second-order valence-corrected chi connectivity index (χ2v) is 6.28. The number of hydrogen-bond acceptors (Lipinski definition) is 2. The average Bonchev–Trinajstić information content (AvgIpc) is 2.58. The van der Waals surface area contributed by atoms with Gasteiger partial charge in [-0.15, -0.1) is 11.8 Å². The Hall–Kier alpha value is -1.93. The summed E-state index contributed by atoms with van der Waals surface area (Å²) in [4.78, 5) is 1.01. The fourth-order valence-electron chi connectivity index (χ4n) is 2.13. The van der Waals surface area contributed by atoms with Crippen molar-refractivity contribution in [3.8, 4) is 0 Å². The van der Waals surface area contributed by atoms with Gasteiger partial charge in [0.25, 0.3) is 0 Å². The van der Waals surface area contributed by atoms with Crippen molar-refractivity contribution in [2.75, 3.05) is 5.32 Å². The molecule has 0 aromatic heterocycles. The van der Waals surface area contributed by atoms with E-state index in [1.807, 2.05) is 0 Å². The molecule has 0 heterocycles. The van der Waals surface area contributed by atoms with E-state index in [-0.39, 0.29) is 7.43 Å². The van der Waals surface area contributed by atoms with Crippen LogP contribution in [-0.2, 0) is 18.7 Å². The summed E-state index contributed by atoms with van der Waals surface area (Å²) >= 11 is 1.72. The lowest BCUT2D eigenvalue weighted by atomic mass is 10.1. The van der Waals surface area contributed by atoms with E-state index in [2.05, 4.69) is 73.9 Å². The summed E-state index contributed by atoms with van der Waals surface area (Å²) in [7, 11) is 0. The molecule has 0 fully saturated rings. The van der Waals surface area contributed by atoms with Crippen molar-refractivity contribution in [2.45, 2.75) is 33.1 Å². The molecular formula is C21H27NS. The second kappa shape index (κ2) is 9.96. The number of rotatable bonds is 8. The molecule has 2 aromatic carbocycles. The molecule has 0 aliphatic carbocycles. The number of thioether (sulfide) groups is 1. The molecule has 0 atom stereocenters. The van der Waals surface area contributed by atoms with Crippen molar-refractivity contribution >= 4 is 17.4 Å². The second-order valence-electron chi connectivity index (χ2n) is 5.18. The van der Waals surface area contributed by atoms with Crippen molar-refractivity contribution in [3.63, 3.8) is 0 Å². The van der Waals surface area contributed by atoms with Gasteiger partial charge in [-0.3, -0.25) is 0 Å². The van der Waals surface area contributed by atoms with Crippen LogP contribution in [-0.4, -0.2) is 0 Å². The van der Waals surface area contributed by atoms with Crippen LogP contribution in [0.3, 0.4) is 0 Å². The number of allylic oxidation sites excluding steroid dienone is 1. The largest absolute Gasteiger partial charge is 0.381 e. The van der Waals surface area contributed by atoms with E-state index in [0.29, 0.717) is 0 Å². The van der Waals surface area contributed by atoms with Gasteiger partial charge in [-0.25, -0.2) is 0 Å². The molecule has 0 aliphatic heterocycles. The highest BCUT2D eigenvalue weighted by molar-refractivity contribution is 8.02. The van der Waals surface area contributed by atoms with Gasteiger partial charge in [0.1, 0.15) is 0 Å². The van der Waals surface area contributed by atoms with Crippen molar-refractivity contribution in [2.24, 2.45) is 0 Å². The Bertz CT molecular complexity index is 629. The minimum atomic E-state index is 0. The van der Waals surface area contributed by atoms with Gasteiger partial charge in [0.15, 0.2) is 0 Å². The smallest absolute Gasteiger partial charge is 0.0400 e. The standard InChI is InChI=1S/C20H23NS.CH4/c1-4-16(3)22-15-19-8-6-7-18(13-19)14-21-20-11-9-17(5-2)10-12-20;/h4,6-13,21H,1,3,5,14-15H2,2H3;1H4. The SMILES string of the molecule is C.C=CC(=C)SCc1cccc(CNc2ccc(CC)cc2)c1. The number of anilines is 1. The zero-order chi connectivity index (χ0) is 15.8. The van der Waals surface area contributed by atoms with Gasteiger partial charge >= 0.3 is 0 Å². The summed E-state index contributed by atoms with van der Waals surface area (Å²) in [6.45, 7) is 10.7. The normalized spacial score (nSPS) is 9.78. The van der Waals surface area contributed by atoms with Crippen LogP contribution in [0, 0.1) is 0 Å². The Morgan fingerprint density at radius 3 is 2.43 bits per heavy atom. The van der Waals surface area contributed by atoms with Crippen LogP contribution in [0.15, 0.2) is 72.7 Å². The van der Waals surface area contributed by atoms with E-state index in [9.17, 15) is 0 Å². The lowest BCUT2D eigenvalue weighted by Gasteiger charge is -2.09. The van der Waals surface area contributed by atoms with Crippen molar-refractivity contribution in [3.05, 3.63) is 89.4 Å². The van der Waals surface area contributed by atoms with Crippen LogP contribution in [0.5, 0.6) is 0 Å². The van der Waals surface area contributed by atoms with Crippen LogP contribution in [0.2, 0.25) is 0 Å². The fourth-order valence-corrected chi connectivity index (χ4v) is 2.78. The Balaban J connectivity index is 0.00000264. The number of nitrogens with one attached hydrogen (secondary N) is 1. The zero-order valence-corrected chi connectivity index (χ0v) is 14.0. The molecule has 2 aromatic rings. The van der Waals surface area contributed by atoms with Crippen molar-refractivity contribution in [1.29, 1.82) is 0 Å². The minimum absolute atomic E-state index is 0. The third kappa shape index (κ3) is 6.37. The van der Waals surface area contributed by atoms with Gasteiger partial charge in [-0.1, -0.05) is 70.0 Å². The Morgan fingerprint density at radius 1 is 1.09 bits per heavy atom. The number of benzene rings is 2. The summed E-state index contributed by atoms with van der Waals surface area (Å²) < 4.78 is 0. The highest BCUT2D eigenvalue weighted by atomic mass is 32.2. The van der Waals surface area contributed by atoms with E-state index < -0.39 is 0 Å². The first-order valence-corrected chi connectivity index (χ1v) is 8.54. The van der Waals surface area contributed by atoms with Crippen molar-refractivity contribution in [1.82, 2.24) is 0 Å². The van der Waals surface area contributed by atoms with E-state index in [4.69, 9.17) is 0 Å². The minimum Gasteiger partial charge on any atom is -0.381 e. The summed E-state index contributed by atoms with van der Waals surface area (Å²) in [6, 6.07) is 17.3. The van der Waals surface area contributed by atoms with E-state index in [1.165, 1.54) is 16.7 Å². The Labute approximate surface area is 145 Å². The highest BCUT2D eigenvalue weighted by Crippen LogP contribution is 2.21. The van der Waals surface area contributed by atoms with Crippen LogP contribution in [0.4, 0.5) is 5.69 Å². The van der Waals surface area contributed by atoms with Gasteiger partial charge in [-0.05, 0) is 40.1 Å². The predicted octanol–water partition coefficient (Wildman–Crippen LogP) is 6.43. The van der Waals surface area contributed by atoms with Gasteiger partial charge in [0, 0.05) is 18.0 Å². The van der Waals surface area contributed by atoms with Gasteiger partial charge < -0.3 is 5.32 Å². The molecule has 23 heavy (non-hydrogen) atoms. The summed E-state index contributed by atoms with van der Waals surface area (Å²) in [6.07, 6.45) is 2.88. The predicted molar refractivity (Wildman–Crippen MR) is 107 cm³/mol. The van der Waals surface area contributed by atoms with Gasteiger partial charge in [0.05, 0.1) is 0 Å². The molecule has 1 N–H and O–H groups in total. The van der Waals surface area contributed by atoms with E-state index in [1.54, 1.807) is 17.8 Å². The van der Waals surface area contributed by atoms with Crippen LogP contribution >= 0.6 is 11.8 Å². The van der Waals surface area contributed by atoms with Crippen LogP contribution < -0.4 is 5.32 Å². The maximum Gasteiger partial charge on any atom is 0.0400 e. The van der Waals surface area contributed by atoms with Crippen LogP contribution in [0.1, 0.15) is 31.0 Å². The fraction of sp³-hybridized carbons (Fsp3) is 0.238. The van der Waals surface area contributed by atoms with E-state index >= 15 is 0 Å². The third-order valence-electron chi connectivity index (χ3n) is 3.50. The quantitative estimate of drug-likeness (QED) is 0.561. The molecule has 0 amide bonds. The molecule has 2 rings (SSSR count). The first kappa shape index (κ1) is 19.1. The maximum atomic E-state index is 3.93. The van der Waals surface area contributed by atoms with Gasteiger partial charge in [-0.2, -0.15) is 0 Å². The molecule has 0 unspecified atom stereocenters. The molecule has 0 saturated heterocycles. The molecule has 0 saturated carbocycles. The molecule has 0 bridgehead atoms. The highest BCUT2D eigenvalue weighted by Gasteiger charge is 1.99. The molecule has 0 spiro atoms. The monoisotopic (exact) mass is 325 g/mol. The van der Waals surface area contributed by atoms with Crippen LogP contribution in [0.25, 0.3) is 0 Å². The molecular weight excluding hydrogens is 298 g/mol. The maximum absolute atomic E-state index is 3.93. The number of hydrogen-bond donors (Lipinski definition) is 1. The lowest BCUT2D eigenvalue weighted by molar-refractivity contribution is 1.12. The van der Waals surface area contributed by atoms with E-state index in [0.717, 1.165) is 29.3 Å². The Morgan fingerprint density at radius 2 is 1.78 bits per heavy atom. The summed E-state index contributed by atoms with van der Waals surface area (Å²) in [5.41, 5.74) is 5.14. The molecule has 2 heteroatoms. The molecule has 0 radical (unpaired) electrons. The summed E-state index contributed by atoms with van der Waals surface area (Å²) in [5, 5.41) is 3.47. The topological polar surface area (TPSA) is 12.0 Å². The molecule has 122 valence electrons. The zero-order valence-electron chi connectivity index (χ0n) is 13.1. The average molecular weight is 326 g/mol. The summed E-state index contributed by atoms with van der Waals surface area (Å²) in [5.74, 6) is 0.934. The molecule has 1 nitrogen and oxygen atoms in total. The Kier molecular flexibility index (Phi) is 8.28. The molecule has 0 aliphatic rings.